The molecule has 6 aliphatic rings. The van der Waals surface area contributed by atoms with Gasteiger partial charge in [-0.05, 0) is 117 Å². The van der Waals surface area contributed by atoms with Crippen LogP contribution in [0.5, 0.6) is 0 Å². The van der Waals surface area contributed by atoms with Crippen LogP contribution < -0.4 is 18.9 Å². The summed E-state index contributed by atoms with van der Waals surface area (Å²) < 4.78 is 23.3. The van der Waals surface area contributed by atoms with Crippen molar-refractivity contribution in [3.63, 3.8) is 0 Å². The van der Waals surface area contributed by atoms with Gasteiger partial charge in [0, 0.05) is 47.5 Å². The number of aliphatic hydroxyl groups is 3. The van der Waals surface area contributed by atoms with Gasteiger partial charge in [-0.25, -0.2) is 0 Å². The number of aryl methyl sites for hydroxylation is 1. The van der Waals surface area contributed by atoms with Gasteiger partial charge in [0.2, 0.25) is 0 Å². The van der Waals surface area contributed by atoms with E-state index in [0.717, 1.165) is 61.0 Å². The Morgan fingerprint density at radius 1 is 0.714 bits per heavy atom. The molecular formula is C57H68AlLiN4O7. The van der Waals surface area contributed by atoms with E-state index in [9.17, 15) is 25.4 Å². The quantitative estimate of drug-likeness (QED) is 0.119. The Hall–Kier alpha value is -4.35. The molecule has 2 saturated carbocycles. The number of benzene rings is 4. The molecule has 362 valence electrons. The molecule has 0 unspecified atom stereocenters. The van der Waals surface area contributed by atoms with Crippen molar-refractivity contribution in [2.45, 2.75) is 108 Å². The van der Waals surface area contributed by atoms with E-state index in [1.165, 1.54) is 70.7 Å². The normalized spacial score (nSPS) is 28.0. The van der Waals surface area contributed by atoms with E-state index in [2.05, 4.69) is 106 Å². The van der Waals surface area contributed by atoms with E-state index >= 15 is 0 Å². The molecule has 5 heterocycles. The number of carbonyl (C=O) groups excluding carboxylic acids is 1. The minimum absolute atomic E-state index is 0. The van der Waals surface area contributed by atoms with Crippen molar-refractivity contribution >= 4 is 45.1 Å². The van der Waals surface area contributed by atoms with Crippen LogP contribution in [0.25, 0.3) is 33.2 Å². The van der Waals surface area contributed by atoms with Crippen LogP contribution in [0.1, 0.15) is 105 Å². The molecule has 3 N–H and O–H groups in total. The molecule has 6 aromatic rings. The van der Waals surface area contributed by atoms with Gasteiger partial charge >= 0.3 is 24.8 Å². The van der Waals surface area contributed by atoms with Crippen molar-refractivity contribution in [2.75, 3.05) is 26.8 Å². The minimum atomic E-state index is -0.759. The minimum Gasteiger partial charge on any atom is -1.00 e. The molecule has 0 bridgehead atoms. The van der Waals surface area contributed by atoms with E-state index in [4.69, 9.17) is 14.2 Å². The van der Waals surface area contributed by atoms with Crippen LogP contribution in [0.4, 0.5) is 0 Å². The molecule has 0 amide bonds. The number of fused-ring (bicyclic) bond motifs is 12. The summed E-state index contributed by atoms with van der Waals surface area (Å²) >= 11 is 0. The first-order chi connectivity index (χ1) is 33.4. The van der Waals surface area contributed by atoms with Crippen molar-refractivity contribution in [3.05, 3.63) is 131 Å². The summed E-state index contributed by atoms with van der Waals surface area (Å²) in [5.74, 6) is -0.300. The number of ether oxygens (including phenoxy) is 3. The first-order valence-electron chi connectivity index (χ1n) is 25.2. The number of methoxy groups -OCH3 is 1. The van der Waals surface area contributed by atoms with Gasteiger partial charge in [-0.3, -0.25) is 4.79 Å². The van der Waals surface area contributed by atoms with E-state index in [1.54, 1.807) is 0 Å². The van der Waals surface area contributed by atoms with Gasteiger partial charge < -0.3 is 45.0 Å². The zero-order chi connectivity index (χ0) is 46.5. The van der Waals surface area contributed by atoms with Crippen LogP contribution in [0, 0.1) is 47.0 Å². The third-order valence-corrected chi connectivity index (χ3v) is 16.9. The standard InChI is InChI=1S/C29H31N3O4.C28H33NO3.Al.Li.4H/c1-35-29(34)27-22-14-26-28-21(12-13-31(17-30)15-18(22)10-11-25(27)33)20-7-3-5-9-24(20)32(28)23-8-4-2-6-19(23)16-36-26;30-16-23-22-15-27-28-21(10-3-1-7-18(22)13-14-26(23)31)20-9-4-6-12-25(20)29(28)24-11-5-2-8-19(24)17-32-27;;;;;;/h2-9,18,22,25-27,33H,10-16H2,1H3;2,4-6,8-9,11-12,18,22-23,26-27,30-31H,1,3,7,10,13-17H2;;;;;;/q;;;+1;;;;-1/t18-,22-,25-,26-,27+;18-,22+,23-,26+,27+;;;;;;/m01....../s1. The Labute approximate surface area is 435 Å². The topological polar surface area (TPSA) is 142 Å². The summed E-state index contributed by atoms with van der Waals surface area (Å²) in [5, 5.41) is 44.4. The SMILES string of the molecule is COC(=O)[C@@H]1[C@H]2C[C@@H]3OCc4ccccc4-n4c3c(c3ccccc34)CCN(C#N)C[C@@H]2CC[C@@H]1O.OC[C@@H]1[C@H]2C[C@@H]3OCc4ccccc4-n4c3c(c3ccccc34)CCCC[C@@H]2CC[C@@H]1O.[AlH3].[H-].[Li+]. The monoisotopic (exact) mass is 955 g/mol. The maximum Gasteiger partial charge on any atom is 1.00 e. The summed E-state index contributed by atoms with van der Waals surface area (Å²) in [5.41, 5.74) is 12.1. The van der Waals surface area contributed by atoms with Gasteiger partial charge in [-0.1, -0.05) is 85.6 Å². The average Bonchev–Trinajstić information content (AvgIpc) is 3.74. The molecule has 13 heteroatoms. The molecule has 0 saturated heterocycles. The molecule has 0 spiro atoms. The fourth-order valence-electron chi connectivity index (χ4n) is 13.7. The Morgan fingerprint density at radius 3 is 1.86 bits per heavy atom. The van der Waals surface area contributed by atoms with Crippen LogP contribution in [0.15, 0.2) is 97.1 Å². The van der Waals surface area contributed by atoms with Crippen LogP contribution in [0.2, 0.25) is 0 Å². The maximum absolute atomic E-state index is 12.9. The first-order valence-corrected chi connectivity index (χ1v) is 25.2. The Kier molecular flexibility index (Phi) is 15.7. The van der Waals surface area contributed by atoms with Gasteiger partial charge in [-0.2, -0.15) is 5.26 Å². The summed E-state index contributed by atoms with van der Waals surface area (Å²) in [6.45, 7) is 2.30. The van der Waals surface area contributed by atoms with Gasteiger partial charge in [0.25, 0.3) is 0 Å². The zero-order valence-corrected chi connectivity index (χ0v) is 40.1. The van der Waals surface area contributed by atoms with Gasteiger partial charge in [0.1, 0.15) is 0 Å². The zero-order valence-electron chi connectivity index (χ0n) is 41.1. The first kappa shape index (κ1) is 50.6. The molecule has 3 aliphatic carbocycles. The number of aromatic nitrogens is 2. The largest absolute Gasteiger partial charge is 1.00 e. The number of carbonyl (C=O) groups is 1. The van der Waals surface area contributed by atoms with Gasteiger partial charge in [0.05, 0.1) is 84.5 Å². The second kappa shape index (κ2) is 21.8. The molecule has 11 nitrogen and oxygen atoms in total. The van der Waals surface area contributed by atoms with Gasteiger partial charge in [-0.15, -0.1) is 0 Å². The molecule has 10 atom stereocenters. The molecule has 0 radical (unpaired) electrons. The fourth-order valence-corrected chi connectivity index (χ4v) is 13.7. The maximum atomic E-state index is 12.9. The molecule has 2 aromatic heterocycles. The number of rotatable bonds is 2. The second-order valence-electron chi connectivity index (χ2n) is 20.3. The fraction of sp³-hybridized carbons (Fsp3) is 0.474. The number of esters is 1. The predicted molar refractivity (Wildman–Crippen MR) is 271 cm³/mol. The van der Waals surface area contributed by atoms with Crippen molar-refractivity contribution in [1.29, 1.82) is 5.26 Å². The second-order valence-corrected chi connectivity index (χ2v) is 20.3. The van der Waals surface area contributed by atoms with E-state index < -0.39 is 18.1 Å². The smallest absolute Gasteiger partial charge is 1.00 e. The van der Waals surface area contributed by atoms with E-state index in [-0.39, 0.29) is 86.1 Å². The number of nitrogens with zero attached hydrogens (tertiary/aromatic N) is 4. The van der Waals surface area contributed by atoms with Crippen LogP contribution >= 0.6 is 0 Å². The van der Waals surface area contributed by atoms with E-state index in [1.807, 2.05) is 11.0 Å². The molecule has 70 heavy (non-hydrogen) atoms. The molecule has 4 aromatic carbocycles. The van der Waals surface area contributed by atoms with E-state index in [0.29, 0.717) is 45.1 Å². The summed E-state index contributed by atoms with van der Waals surface area (Å²) in [4.78, 5) is 14.8. The van der Waals surface area contributed by atoms with Crippen molar-refractivity contribution in [1.82, 2.24) is 14.0 Å². The number of hydrogen-bond acceptors (Lipinski definition) is 9. The molecule has 2 fully saturated rings. The van der Waals surface area contributed by atoms with Crippen molar-refractivity contribution in [2.24, 2.45) is 35.5 Å². The summed E-state index contributed by atoms with van der Waals surface area (Å²) in [6, 6.07) is 34.2. The summed E-state index contributed by atoms with van der Waals surface area (Å²) in [7, 11) is 1.38. The van der Waals surface area contributed by atoms with Crippen LogP contribution in [0.3, 0.4) is 0 Å². The Morgan fingerprint density at radius 2 is 1.26 bits per heavy atom. The van der Waals surface area contributed by atoms with Crippen LogP contribution in [-0.2, 0) is 45.1 Å². The molecular weight excluding hydrogens is 887 g/mol. The van der Waals surface area contributed by atoms with Crippen molar-refractivity contribution in [3.8, 4) is 17.6 Å². The third kappa shape index (κ3) is 9.10. The Bertz CT molecular complexity index is 2870. The summed E-state index contributed by atoms with van der Waals surface area (Å²) in [6.07, 6.45) is 10.9. The van der Waals surface area contributed by atoms with Crippen LogP contribution in [-0.4, -0.2) is 91.7 Å². The molecule has 12 rings (SSSR count). The molecule has 3 aliphatic heterocycles. The van der Waals surface area contributed by atoms with Gasteiger partial charge in [0.15, 0.2) is 23.6 Å². The number of hydrogen-bond donors (Lipinski definition) is 3. The predicted octanol–water partition coefficient (Wildman–Crippen LogP) is 5.35. The number of nitriles is 1. The third-order valence-electron chi connectivity index (χ3n) is 16.9. The number of aliphatic hydroxyl groups excluding tert-OH is 3. The Balaban J connectivity index is 0.000000184. The average molecular weight is 955 g/mol. The number of para-hydroxylation sites is 4. The van der Waals surface area contributed by atoms with Crippen molar-refractivity contribution < 1.29 is 54.6 Å².